The zero-order chi connectivity index (χ0) is 17.2. The number of carbonyl (C=O) groups excluding carboxylic acids is 1. The van der Waals surface area contributed by atoms with E-state index in [1.165, 1.54) is 12.7 Å². The van der Waals surface area contributed by atoms with Gasteiger partial charge in [0.2, 0.25) is 0 Å². The first-order valence-corrected chi connectivity index (χ1v) is 10.3. The van der Waals surface area contributed by atoms with Crippen molar-refractivity contribution >= 4 is 21.6 Å². The minimum atomic E-state index is -2.96. The summed E-state index contributed by atoms with van der Waals surface area (Å²) in [5.41, 5.74) is 0.332. The van der Waals surface area contributed by atoms with Gasteiger partial charge in [0.15, 0.2) is 9.84 Å². The Kier molecular flexibility index (Phi) is 5.03. The molecule has 1 saturated carbocycles. The van der Waals surface area contributed by atoms with Gasteiger partial charge in [-0.1, -0.05) is 19.3 Å². The standard InChI is InChI=1S/C16H24N4O3S/c1-20(13-7-8-24(22,23)10-13)15-9-14(17-11-18-15)16(21)19-12-5-3-2-4-6-12/h9,11-13H,2-8,10H2,1H3,(H,19,21). The van der Waals surface area contributed by atoms with E-state index in [-0.39, 0.29) is 29.5 Å². The lowest BCUT2D eigenvalue weighted by molar-refractivity contribution is 0.0922. The summed E-state index contributed by atoms with van der Waals surface area (Å²) in [5, 5.41) is 3.04. The van der Waals surface area contributed by atoms with E-state index >= 15 is 0 Å². The molecule has 1 N–H and O–H groups in total. The maximum Gasteiger partial charge on any atom is 0.270 e. The predicted molar refractivity (Wildman–Crippen MR) is 91.8 cm³/mol. The van der Waals surface area contributed by atoms with Crippen molar-refractivity contribution in [2.75, 3.05) is 23.5 Å². The number of hydrogen-bond donors (Lipinski definition) is 1. The number of rotatable bonds is 4. The lowest BCUT2D eigenvalue weighted by Crippen LogP contribution is -2.37. The van der Waals surface area contributed by atoms with Crippen LogP contribution >= 0.6 is 0 Å². The molecule has 1 saturated heterocycles. The average molecular weight is 352 g/mol. The first-order valence-electron chi connectivity index (χ1n) is 8.51. The second kappa shape index (κ2) is 7.04. The van der Waals surface area contributed by atoms with E-state index in [9.17, 15) is 13.2 Å². The van der Waals surface area contributed by atoms with Crippen LogP contribution in [0.4, 0.5) is 5.82 Å². The van der Waals surface area contributed by atoms with E-state index in [1.54, 1.807) is 6.07 Å². The molecule has 1 unspecified atom stereocenters. The number of anilines is 1. The second-order valence-electron chi connectivity index (χ2n) is 6.74. The summed E-state index contributed by atoms with van der Waals surface area (Å²) < 4.78 is 23.3. The third kappa shape index (κ3) is 4.03. The van der Waals surface area contributed by atoms with Crippen molar-refractivity contribution in [3.05, 3.63) is 18.1 Å². The third-order valence-electron chi connectivity index (χ3n) is 4.94. The summed E-state index contributed by atoms with van der Waals surface area (Å²) in [6.45, 7) is 0. The third-order valence-corrected chi connectivity index (χ3v) is 6.69. The van der Waals surface area contributed by atoms with Gasteiger partial charge in [-0.05, 0) is 19.3 Å². The lowest BCUT2D eigenvalue weighted by atomic mass is 9.95. The molecule has 132 valence electrons. The van der Waals surface area contributed by atoms with Gasteiger partial charge in [-0.2, -0.15) is 0 Å². The smallest absolute Gasteiger partial charge is 0.270 e. The van der Waals surface area contributed by atoms with Gasteiger partial charge in [0.1, 0.15) is 17.8 Å². The molecule has 0 radical (unpaired) electrons. The van der Waals surface area contributed by atoms with Crippen LogP contribution < -0.4 is 10.2 Å². The fraction of sp³-hybridized carbons (Fsp3) is 0.688. The van der Waals surface area contributed by atoms with E-state index in [4.69, 9.17) is 0 Å². The molecular weight excluding hydrogens is 328 g/mol. The number of amides is 1. The Morgan fingerprint density at radius 2 is 1.96 bits per heavy atom. The first kappa shape index (κ1) is 17.1. The van der Waals surface area contributed by atoms with Gasteiger partial charge in [0, 0.05) is 25.2 Å². The molecule has 7 nitrogen and oxygen atoms in total. The normalized spacial score (nSPS) is 23.8. The minimum Gasteiger partial charge on any atom is -0.356 e. The fourth-order valence-corrected chi connectivity index (χ4v) is 5.21. The maximum absolute atomic E-state index is 12.4. The minimum absolute atomic E-state index is 0.0980. The molecule has 1 atom stereocenters. The SMILES string of the molecule is CN(c1cc(C(=O)NC2CCCCC2)ncn1)C1CCS(=O)(=O)C1. The molecule has 0 spiro atoms. The van der Waals surface area contributed by atoms with Crippen molar-refractivity contribution in [1.82, 2.24) is 15.3 Å². The lowest BCUT2D eigenvalue weighted by Gasteiger charge is -2.25. The molecule has 1 amide bonds. The second-order valence-corrected chi connectivity index (χ2v) is 8.97. The van der Waals surface area contributed by atoms with Crippen molar-refractivity contribution in [2.24, 2.45) is 0 Å². The van der Waals surface area contributed by atoms with Crippen molar-refractivity contribution in [1.29, 1.82) is 0 Å². The quantitative estimate of drug-likeness (QED) is 0.874. The van der Waals surface area contributed by atoms with Crippen LogP contribution in [0.5, 0.6) is 0 Å². The molecule has 8 heteroatoms. The molecule has 2 fully saturated rings. The molecule has 1 aliphatic heterocycles. The van der Waals surface area contributed by atoms with Crippen LogP contribution in [0, 0.1) is 0 Å². The van der Waals surface area contributed by atoms with Crippen LogP contribution in [-0.4, -0.2) is 54.9 Å². The van der Waals surface area contributed by atoms with Crippen molar-refractivity contribution in [3.8, 4) is 0 Å². The van der Waals surface area contributed by atoms with E-state index in [1.807, 2.05) is 11.9 Å². The molecule has 3 rings (SSSR count). The average Bonchev–Trinajstić information content (AvgIpc) is 2.95. The van der Waals surface area contributed by atoms with Crippen LogP contribution in [0.15, 0.2) is 12.4 Å². The zero-order valence-corrected chi connectivity index (χ0v) is 14.8. The van der Waals surface area contributed by atoms with Gasteiger partial charge >= 0.3 is 0 Å². The highest BCUT2D eigenvalue weighted by Gasteiger charge is 2.31. The fourth-order valence-electron chi connectivity index (χ4n) is 3.44. The van der Waals surface area contributed by atoms with E-state index in [0.29, 0.717) is 17.9 Å². The Labute approximate surface area is 142 Å². The molecule has 2 heterocycles. The maximum atomic E-state index is 12.4. The Bertz CT molecular complexity index is 701. The Balaban J connectivity index is 1.68. The van der Waals surface area contributed by atoms with Crippen LogP contribution in [0.3, 0.4) is 0 Å². The largest absolute Gasteiger partial charge is 0.356 e. The van der Waals surface area contributed by atoms with Gasteiger partial charge in [-0.15, -0.1) is 0 Å². The van der Waals surface area contributed by atoms with Gasteiger partial charge in [0.05, 0.1) is 11.5 Å². The number of nitrogens with zero attached hydrogens (tertiary/aromatic N) is 3. The highest BCUT2D eigenvalue weighted by molar-refractivity contribution is 7.91. The molecule has 1 aliphatic carbocycles. The van der Waals surface area contributed by atoms with Gasteiger partial charge < -0.3 is 10.2 Å². The number of carbonyl (C=O) groups is 1. The van der Waals surface area contributed by atoms with Gasteiger partial charge in [0.25, 0.3) is 5.91 Å². The van der Waals surface area contributed by atoms with Gasteiger partial charge in [-0.3, -0.25) is 4.79 Å². The van der Waals surface area contributed by atoms with Crippen molar-refractivity contribution < 1.29 is 13.2 Å². The highest BCUT2D eigenvalue weighted by atomic mass is 32.2. The molecule has 24 heavy (non-hydrogen) atoms. The van der Waals surface area contributed by atoms with E-state index in [0.717, 1.165) is 25.7 Å². The molecule has 0 bridgehead atoms. The topological polar surface area (TPSA) is 92.3 Å². The van der Waals surface area contributed by atoms with Crippen molar-refractivity contribution in [2.45, 2.75) is 50.6 Å². The van der Waals surface area contributed by atoms with E-state index < -0.39 is 9.84 Å². The van der Waals surface area contributed by atoms with Crippen LogP contribution in [-0.2, 0) is 9.84 Å². The summed E-state index contributed by atoms with van der Waals surface area (Å²) in [6, 6.07) is 1.77. The first-order chi connectivity index (χ1) is 11.4. The Morgan fingerprint density at radius 3 is 2.62 bits per heavy atom. The summed E-state index contributed by atoms with van der Waals surface area (Å²) in [5.74, 6) is 0.748. The van der Waals surface area contributed by atoms with Crippen LogP contribution in [0.1, 0.15) is 49.0 Å². The monoisotopic (exact) mass is 352 g/mol. The van der Waals surface area contributed by atoms with Gasteiger partial charge in [-0.25, -0.2) is 18.4 Å². The van der Waals surface area contributed by atoms with Crippen LogP contribution in [0.2, 0.25) is 0 Å². The molecule has 1 aromatic rings. The predicted octanol–water partition coefficient (Wildman–Crippen LogP) is 1.16. The number of nitrogens with one attached hydrogen (secondary N) is 1. The van der Waals surface area contributed by atoms with Crippen LogP contribution in [0.25, 0.3) is 0 Å². The molecule has 1 aromatic heterocycles. The van der Waals surface area contributed by atoms with Crippen molar-refractivity contribution in [3.63, 3.8) is 0 Å². The van der Waals surface area contributed by atoms with E-state index in [2.05, 4.69) is 15.3 Å². The summed E-state index contributed by atoms with van der Waals surface area (Å²) in [7, 11) is -1.14. The Hall–Kier alpha value is -1.70. The summed E-state index contributed by atoms with van der Waals surface area (Å²) in [6.07, 6.45) is 7.53. The Morgan fingerprint density at radius 1 is 1.21 bits per heavy atom. The molecular formula is C16H24N4O3S. The summed E-state index contributed by atoms with van der Waals surface area (Å²) in [4.78, 5) is 22.5. The number of hydrogen-bond acceptors (Lipinski definition) is 6. The number of aromatic nitrogens is 2. The number of sulfone groups is 1. The summed E-state index contributed by atoms with van der Waals surface area (Å²) >= 11 is 0. The highest BCUT2D eigenvalue weighted by Crippen LogP contribution is 2.22. The molecule has 2 aliphatic rings. The zero-order valence-electron chi connectivity index (χ0n) is 13.9. The molecule has 0 aromatic carbocycles.